The summed E-state index contributed by atoms with van der Waals surface area (Å²) >= 11 is 8.64. The van der Waals surface area contributed by atoms with Crippen LogP contribution in [0, 0.1) is 34.5 Å². The highest BCUT2D eigenvalue weighted by molar-refractivity contribution is 7.14. The van der Waals surface area contributed by atoms with E-state index in [9.17, 15) is 19.5 Å². The van der Waals surface area contributed by atoms with Gasteiger partial charge in [0.05, 0.1) is 42.3 Å². The second kappa shape index (κ2) is 18.5. The number of carbonyl (C=O) groups excluding carboxylic acids is 2. The van der Waals surface area contributed by atoms with Gasteiger partial charge < -0.3 is 29.4 Å². The maximum Gasteiger partial charge on any atom is 0.310 e. The van der Waals surface area contributed by atoms with Crippen LogP contribution in [0.4, 0.5) is 5.13 Å². The summed E-state index contributed by atoms with van der Waals surface area (Å²) in [4.78, 5) is 54.9. The fourth-order valence-electron chi connectivity index (χ4n) is 10.0. The number of carboxylic acids is 1. The van der Waals surface area contributed by atoms with Crippen LogP contribution in [0.1, 0.15) is 92.9 Å². The molecule has 0 radical (unpaired) electrons. The molecule has 8 rings (SSSR count). The molecule has 8 atom stereocenters. The summed E-state index contributed by atoms with van der Waals surface area (Å²) < 4.78 is 24.7. The van der Waals surface area contributed by atoms with Gasteiger partial charge in [0.2, 0.25) is 0 Å². The van der Waals surface area contributed by atoms with Gasteiger partial charge in [-0.2, -0.15) is 0 Å². The van der Waals surface area contributed by atoms with Crippen molar-refractivity contribution in [1.29, 1.82) is 0 Å². The van der Waals surface area contributed by atoms with Crippen molar-refractivity contribution in [1.82, 2.24) is 19.8 Å². The van der Waals surface area contributed by atoms with Gasteiger partial charge in [-0.3, -0.25) is 24.2 Å². The molecule has 2 aliphatic heterocycles. The predicted octanol–water partition coefficient (Wildman–Crippen LogP) is 8.22. The van der Waals surface area contributed by atoms with Crippen molar-refractivity contribution < 1.29 is 38.4 Å². The number of hydrogen-bond donors (Lipinski definition) is 2. The van der Waals surface area contributed by atoms with Crippen LogP contribution in [0.3, 0.4) is 0 Å². The zero-order chi connectivity index (χ0) is 43.9. The molecule has 0 amide bonds. The first-order valence-electron chi connectivity index (χ1n) is 22.7. The number of nitrogens with one attached hydrogen (secondary N) is 1. The minimum absolute atomic E-state index is 0.00308. The van der Waals surface area contributed by atoms with E-state index in [1.54, 1.807) is 0 Å². The summed E-state index contributed by atoms with van der Waals surface area (Å²) in [6, 6.07) is 5.28. The number of carbonyl (C=O) groups is 3. The number of likely N-dealkylation sites (tertiary alicyclic amines) is 1. The summed E-state index contributed by atoms with van der Waals surface area (Å²) in [6.07, 6.45) is 4.54. The third kappa shape index (κ3) is 10.2. The summed E-state index contributed by atoms with van der Waals surface area (Å²) in [5.41, 5.74) is 0.470. The maximum atomic E-state index is 14.5. The number of thiazole rings is 1. The number of ketones is 1. The van der Waals surface area contributed by atoms with Gasteiger partial charge in [0.25, 0.3) is 0 Å². The van der Waals surface area contributed by atoms with Gasteiger partial charge in [-0.15, -0.1) is 11.3 Å². The Labute approximate surface area is 374 Å². The number of nitrogens with zero attached hydrogens (tertiary/aromatic N) is 4. The van der Waals surface area contributed by atoms with Gasteiger partial charge in [-0.05, 0) is 80.8 Å². The topological polar surface area (TPSA) is 153 Å². The molecule has 3 aromatic rings. The lowest BCUT2D eigenvalue weighted by Gasteiger charge is -2.35. The normalized spacial score (nSPS) is 27.9. The molecule has 2 N–H and O–H groups in total. The number of benzene rings is 1. The molecule has 5 aliphatic rings. The van der Waals surface area contributed by atoms with Gasteiger partial charge in [-0.25, -0.2) is 9.97 Å². The van der Waals surface area contributed by atoms with E-state index in [-0.39, 0.29) is 54.0 Å². The first-order chi connectivity index (χ1) is 29.6. The summed E-state index contributed by atoms with van der Waals surface area (Å²) in [6.45, 7) is 17.7. The minimum Gasteiger partial charge on any atom is -0.491 e. The van der Waals surface area contributed by atoms with E-state index >= 15 is 0 Å². The van der Waals surface area contributed by atoms with Crippen LogP contribution in [-0.2, 0) is 23.9 Å². The Bertz CT molecular complexity index is 2110. The molecule has 0 bridgehead atoms. The quantitative estimate of drug-likeness (QED) is 0.111. The molecule has 13 nitrogen and oxygen atoms in total. The van der Waals surface area contributed by atoms with Crippen LogP contribution >= 0.6 is 22.9 Å². The average molecular weight is 895 g/mol. The van der Waals surface area contributed by atoms with Gasteiger partial charge in [-0.1, -0.05) is 45.7 Å². The maximum absolute atomic E-state index is 14.5. The highest BCUT2D eigenvalue weighted by Crippen LogP contribution is 2.58. The van der Waals surface area contributed by atoms with Crippen molar-refractivity contribution in [2.24, 2.45) is 34.5 Å². The zero-order valence-electron chi connectivity index (χ0n) is 37.1. The fourth-order valence-corrected chi connectivity index (χ4v) is 11.2. The van der Waals surface area contributed by atoms with Gasteiger partial charge in [0, 0.05) is 68.4 Å². The van der Waals surface area contributed by atoms with Crippen LogP contribution < -0.4 is 14.8 Å². The second-order valence-corrected chi connectivity index (χ2v) is 21.1. The van der Waals surface area contributed by atoms with Gasteiger partial charge in [0.1, 0.15) is 41.0 Å². The lowest BCUT2D eigenvalue weighted by molar-refractivity contribution is -0.152. The van der Waals surface area contributed by atoms with Gasteiger partial charge in [0.15, 0.2) is 10.9 Å². The number of halogens is 1. The molecular weight excluding hydrogens is 830 g/mol. The Balaban J connectivity index is 1.07. The van der Waals surface area contributed by atoms with E-state index in [0.29, 0.717) is 103 Å². The highest BCUT2D eigenvalue weighted by atomic mass is 35.5. The van der Waals surface area contributed by atoms with Crippen LogP contribution in [0.15, 0.2) is 23.6 Å². The van der Waals surface area contributed by atoms with Crippen molar-refractivity contribution in [3.05, 3.63) is 28.6 Å². The Kier molecular flexibility index (Phi) is 13.4. The van der Waals surface area contributed by atoms with Crippen LogP contribution in [-0.4, -0.2) is 119 Å². The third-order valence-electron chi connectivity index (χ3n) is 14.1. The molecule has 1 aromatic carbocycles. The molecule has 2 saturated heterocycles. The number of fused-ring (bicyclic) bond motifs is 2. The number of rotatable bonds is 19. The number of morpholine rings is 1. The minimum atomic E-state index is -1.03. The van der Waals surface area contributed by atoms with E-state index in [4.69, 9.17) is 40.5 Å². The highest BCUT2D eigenvalue weighted by Gasteiger charge is 2.61. The Morgan fingerprint density at radius 2 is 1.81 bits per heavy atom. The molecule has 4 heterocycles. The molecular formula is C47H64ClN5O8S. The van der Waals surface area contributed by atoms with E-state index in [1.165, 1.54) is 17.8 Å². The molecule has 5 fully saturated rings. The first kappa shape index (κ1) is 45.0. The van der Waals surface area contributed by atoms with E-state index in [0.717, 1.165) is 37.6 Å². The second-order valence-electron chi connectivity index (χ2n) is 19.9. The number of carboxylic acid groups (broad SMARTS) is 1. The zero-order valence-corrected chi connectivity index (χ0v) is 38.7. The van der Waals surface area contributed by atoms with Crippen molar-refractivity contribution in [2.75, 3.05) is 57.9 Å². The summed E-state index contributed by atoms with van der Waals surface area (Å²) in [5.74, 6) is 1.16. The van der Waals surface area contributed by atoms with Crippen molar-refractivity contribution >= 4 is 56.7 Å². The summed E-state index contributed by atoms with van der Waals surface area (Å²) in [7, 11) is 0. The fraction of sp³-hybridized carbons (Fsp3) is 0.681. The number of hydrogen-bond acceptors (Lipinski definition) is 13. The first-order valence-corrected chi connectivity index (χ1v) is 24.0. The lowest BCUT2D eigenvalue weighted by atomic mass is 9.78. The Morgan fingerprint density at radius 3 is 2.48 bits per heavy atom. The largest absolute Gasteiger partial charge is 0.491 e. The Hall–Kier alpha value is -3.56. The van der Waals surface area contributed by atoms with E-state index < -0.39 is 23.5 Å². The van der Waals surface area contributed by atoms with Crippen LogP contribution in [0.2, 0.25) is 5.02 Å². The molecule has 62 heavy (non-hydrogen) atoms. The third-order valence-corrected chi connectivity index (χ3v) is 15.2. The standard InChI is InChI=1S/C47H64ClN5O8S/c1-7-30-22-47(30,44(56)57)23-38(54)37-20-33(25-53(37)24-31(46(4,5)6)19-41(55)61-32-17-28-16-29(28)18-32)60-40-21-35(36-26-62-45(51-36)49-27(2)3)50-43-34(40)8-9-39(42(43)48)59-15-12-52-10-13-58-14-11-52/h8-9,21,26-33,37H,7,10-20,22-25H2,1-6H3,(H,49,51)(H,56,57)/t28-,29+,30-,31-,32?,33-,37?,47-/m1/s1. The monoisotopic (exact) mass is 893 g/mol. The number of aromatic nitrogens is 2. The smallest absolute Gasteiger partial charge is 0.310 e. The molecule has 15 heteroatoms. The number of esters is 1. The van der Waals surface area contributed by atoms with E-state index in [1.807, 2.05) is 30.5 Å². The predicted molar refractivity (Wildman–Crippen MR) is 240 cm³/mol. The number of anilines is 1. The van der Waals surface area contributed by atoms with Crippen LogP contribution in [0.25, 0.3) is 22.3 Å². The molecule has 338 valence electrons. The SMILES string of the molecule is CC[C@@H]1C[C@]1(CC(=O)C1C[C@@H](Oc2cc(-c3csc(NC(C)C)n3)nc3c(Cl)c(OCCN4CCOCC4)ccc23)CN1C[C@@H](CC(=O)OC1C[C@@H]2C[C@@H]2C1)C(C)(C)C)C(=O)O. The van der Waals surface area contributed by atoms with Crippen molar-refractivity contribution in [3.63, 3.8) is 0 Å². The lowest BCUT2D eigenvalue weighted by Crippen LogP contribution is -2.44. The average Bonchev–Trinajstić information content (AvgIpc) is 3.91. The molecule has 3 saturated carbocycles. The van der Waals surface area contributed by atoms with E-state index in [2.05, 4.69) is 49.7 Å². The molecule has 0 spiro atoms. The summed E-state index contributed by atoms with van der Waals surface area (Å²) in [5, 5.41) is 17.5. The Morgan fingerprint density at radius 1 is 1.05 bits per heavy atom. The van der Waals surface area contributed by atoms with Gasteiger partial charge >= 0.3 is 11.9 Å². The molecule has 2 aromatic heterocycles. The number of pyridine rings is 1. The number of Topliss-reactive ketones (excluding diaryl/α,β-unsaturated/α-hetero) is 1. The van der Waals surface area contributed by atoms with Crippen LogP contribution in [0.5, 0.6) is 11.5 Å². The van der Waals surface area contributed by atoms with Crippen molar-refractivity contribution in [2.45, 2.75) is 117 Å². The van der Waals surface area contributed by atoms with Crippen molar-refractivity contribution in [3.8, 4) is 22.9 Å². The molecule has 2 unspecified atom stereocenters. The molecule has 3 aliphatic carbocycles. The number of aliphatic carboxylic acids is 1. The number of ether oxygens (including phenoxy) is 4.